The van der Waals surface area contributed by atoms with Crippen molar-refractivity contribution in [2.45, 2.75) is 33.2 Å². The molecular weight excluding hydrogens is 272 g/mol. The van der Waals surface area contributed by atoms with Crippen LogP contribution in [0.15, 0.2) is 11.1 Å². The van der Waals surface area contributed by atoms with Gasteiger partial charge in [0.2, 0.25) is 0 Å². The molecule has 0 aliphatic carbocycles. The Morgan fingerprint density at radius 2 is 2.10 bits per heavy atom. The quantitative estimate of drug-likeness (QED) is 0.766. The van der Waals surface area contributed by atoms with Gasteiger partial charge >= 0.3 is 5.97 Å². The van der Waals surface area contributed by atoms with Crippen LogP contribution in [-0.4, -0.2) is 33.3 Å². The van der Waals surface area contributed by atoms with E-state index in [0.717, 1.165) is 0 Å². The van der Waals surface area contributed by atoms with E-state index >= 15 is 0 Å². The number of aryl methyl sites for hydroxylation is 1. The van der Waals surface area contributed by atoms with Gasteiger partial charge in [0, 0.05) is 0 Å². The van der Waals surface area contributed by atoms with Gasteiger partial charge < -0.3 is 16.2 Å². The first-order valence-electron chi connectivity index (χ1n) is 6.59. The van der Waals surface area contributed by atoms with Gasteiger partial charge in [0.05, 0.1) is 16.9 Å². The molecule has 0 saturated carbocycles. The number of nitrogens with two attached hydrogens (primary N) is 1. The average molecular weight is 290 g/mol. The summed E-state index contributed by atoms with van der Waals surface area (Å²) in [4.78, 5) is 32.0. The number of carbonyl (C=O) groups excluding carboxylic acids is 1. The van der Waals surface area contributed by atoms with E-state index in [2.05, 4.69) is 15.3 Å². The average Bonchev–Trinajstić information content (AvgIpc) is 2.69. The molecule has 0 radical (unpaired) electrons. The number of pyridine rings is 1. The zero-order chi connectivity index (χ0) is 15.9. The summed E-state index contributed by atoms with van der Waals surface area (Å²) in [6.45, 7) is 7.14. The molecule has 0 saturated heterocycles. The molecule has 7 heteroatoms. The lowest BCUT2D eigenvalue weighted by atomic mass is 9.89. The van der Waals surface area contributed by atoms with Gasteiger partial charge in [-0.3, -0.25) is 4.79 Å². The SMILES string of the molecule is Cc1nc(C2=NC(C)(C(C)C)C(=O)N2)c(C(=O)O)cc1N. The Hall–Kier alpha value is -2.44. The molecule has 1 unspecified atom stereocenters. The lowest BCUT2D eigenvalue weighted by molar-refractivity contribution is -0.124. The van der Waals surface area contributed by atoms with Crippen LogP contribution in [0.2, 0.25) is 0 Å². The molecule has 1 aliphatic rings. The normalized spacial score (nSPS) is 21.4. The Balaban J connectivity index is 2.61. The number of nitrogens with zero attached hydrogens (tertiary/aromatic N) is 2. The van der Waals surface area contributed by atoms with E-state index in [9.17, 15) is 14.7 Å². The number of hydrogen-bond acceptors (Lipinski definition) is 5. The molecule has 1 amide bonds. The van der Waals surface area contributed by atoms with E-state index in [1.165, 1.54) is 6.07 Å². The zero-order valence-electron chi connectivity index (χ0n) is 12.4. The summed E-state index contributed by atoms with van der Waals surface area (Å²) in [6, 6.07) is 1.33. The second-order valence-electron chi connectivity index (χ2n) is 5.58. The third-order valence-corrected chi connectivity index (χ3v) is 3.87. The molecule has 112 valence electrons. The summed E-state index contributed by atoms with van der Waals surface area (Å²) >= 11 is 0. The lowest BCUT2D eigenvalue weighted by Crippen LogP contribution is -2.41. The number of aromatic nitrogens is 1. The van der Waals surface area contributed by atoms with Crippen LogP contribution in [0, 0.1) is 12.8 Å². The monoisotopic (exact) mass is 290 g/mol. The summed E-state index contributed by atoms with van der Waals surface area (Å²) in [5.41, 5.74) is 5.60. The molecule has 1 aromatic rings. The van der Waals surface area contributed by atoms with Gasteiger partial charge in [0.1, 0.15) is 11.2 Å². The van der Waals surface area contributed by atoms with Crippen LogP contribution < -0.4 is 11.1 Å². The lowest BCUT2D eigenvalue weighted by Gasteiger charge is -2.21. The van der Waals surface area contributed by atoms with Gasteiger partial charge in [-0.25, -0.2) is 14.8 Å². The number of carboxylic acid groups (broad SMARTS) is 1. The fourth-order valence-electron chi connectivity index (χ4n) is 2.01. The van der Waals surface area contributed by atoms with Crippen molar-refractivity contribution in [3.05, 3.63) is 23.0 Å². The molecule has 4 N–H and O–H groups in total. The number of aliphatic imine (C=N–C) groups is 1. The number of hydrogen-bond donors (Lipinski definition) is 3. The highest BCUT2D eigenvalue weighted by atomic mass is 16.4. The Kier molecular flexibility index (Phi) is 3.44. The number of amidine groups is 1. The number of nitrogen functional groups attached to an aromatic ring is 1. The van der Waals surface area contributed by atoms with Crippen LogP contribution in [0.25, 0.3) is 0 Å². The number of carbonyl (C=O) groups is 2. The largest absolute Gasteiger partial charge is 0.478 e. The van der Waals surface area contributed by atoms with Gasteiger partial charge in [-0.05, 0) is 25.8 Å². The summed E-state index contributed by atoms with van der Waals surface area (Å²) in [7, 11) is 0. The standard InChI is InChI=1S/C14H18N4O3/c1-6(2)14(4)13(21)17-11(18-14)10-8(12(19)20)5-9(15)7(3)16-10/h5-6H,15H2,1-4H3,(H,19,20)(H,17,18,21). The van der Waals surface area contributed by atoms with Crippen molar-refractivity contribution in [1.82, 2.24) is 10.3 Å². The van der Waals surface area contributed by atoms with Crippen LogP contribution in [0.1, 0.15) is 42.5 Å². The minimum atomic E-state index is -1.17. The van der Waals surface area contributed by atoms with Gasteiger partial charge in [-0.15, -0.1) is 0 Å². The summed E-state index contributed by atoms with van der Waals surface area (Å²) in [6.07, 6.45) is 0. The Labute approximate surface area is 122 Å². The molecular formula is C14H18N4O3. The minimum Gasteiger partial charge on any atom is -0.478 e. The number of rotatable bonds is 3. The molecule has 0 fully saturated rings. The highest BCUT2D eigenvalue weighted by molar-refractivity contribution is 6.17. The van der Waals surface area contributed by atoms with E-state index < -0.39 is 11.5 Å². The Morgan fingerprint density at radius 3 is 2.57 bits per heavy atom. The number of amides is 1. The maximum Gasteiger partial charge on any atom is 0.338 e. The first-order chi connectivity index (χ1) is 9.66. The van der Waals surface area contributed by atoms with Gasteiger partial charge in [-0.2, -0.15) is 0 Å². The topological polar surface area (TPSA) is 118 Å². The molecule has 2 heterocycles. The predicted octanol–water partition coefficient (Wildman–Crippen LogP) is 0.962. The van der Waals surface area contributed by atoms with E-state index in [-0.39, 0.29) is 34.6 Å². The number of aromatic carboxylic acids is 1. The maximum absolute atomic E-state index is 12.1. The summed E-state index contributed by atoms with van der Waals surface area (Å²) in [5.74, 6) is -1.28. The second kappa shape index (κ2) is 4.83. The number of nitrogens with one attached hydrogen (secondary N) is 1. The fraction of sp³-hybridized carbons (Fsp3) is 0.429. The summed E-state index contributed by atoms with van der Waals surface area (Å²) < 4.78 is 0. The first kappa shape index (κ1) is 15.0. The number of carboxylic acids is 1. The van der Waals surface area contributed by atoms with Gasteiger partial charge in [-0.1, -0.05) is 13.8 Å². The van der Waals surface area contributed by atoms with Gasteiger partial charge in [0.15, 0.2) is 5.84 Å². The van der Waals surface area contributed by atoms with Crippen LogP contribution in [0.4, 0.5) is 5.69 Å². The van der Waals surface area contributed by atoms with Crippen molar-refractivity contribution < 1.29 is 14.7 Å². The molecule has 0 spiro atoms. The summed E-state index contributed by atoms with van der Waals surface area (Å²) in [5, 5.41) is 11.9. The molecule has 2 rings (SSSR count). The maximum atomic E-state index is 12.1. The number of anilines is 1. The molecule has 0 bridgehead atoms. The second-order valence-corrected chi connectivity index (χ2v) is 5.58. The molecule has 1 aromatic heterocycles. The molecule has 21 heavy (non-hydrogen) atoms. The predicted molar refractivity (Wildman–Crippen MR) is 78.3 cm³/mol. The molecule has 0 aromatic carbocycles. The highest BCUT2D eigenvalue weighted by Gasteiger charge is 2.43. The Morgan fingerprint density at radius 1 is 1.48 bits per heavy atom. The van der Waals surface area contributed by atoms with Crippen LogP contribution in [0.5, 0.6) is 0 Å². The van der Waals surface area contributed by atoms with Crippen LogP contribution in [-0.2, 0) is 4.79 Å². The van der Waals surface area contributed by atoms with Crippen molar-refractivity contribution in [3.8, 4) is 0 Å². The van der Waals surface area contributed by atoms with Crippen molar-refractivity contribution >= 4 is 23.4 Å². The third-order valence-electron chi connectivity index (χ3n) is 3.87. The van der Waals surface area contributed by atoms with Gasteiger partial charge in [0.25, 0.3) is 5.91 Å². The van der Waals surface area contributed by atoms with E-state index in [4.69, 9.17) is 5.73 Å². The molecule has 1 atom stereocenters. The van der Waals surface area contributed by atoms with Crippen molar-refractivity contribution in [2.75, 3.05) is 5.73 Å². The first-order valence-corrected chi connectivity index (χ1v) is 6.59. The van der Waals surface area contributed by atoms with E-state index in [0.29, 0.717) is 5.69 Å². The van der Waals surface area contributed by atoms with Crippen LogP contribution >= 0.6 is 0 Å². The minimum absolute atomic E-state index is 0.0295. The van der Waals surface area contributed by atoms with Crippen molar-refractivity contribution in [2.24, 2.45) is 10.9 Å². The van der Waals surface area contributed by atoms with Crippen molar-refractivity contribution in [1.29, 1.82) is 0 Å². The van der Waals surface area contributed by atoms with Crippen molar-refractivity contribution in [3.63, 3.8) is 0 Å². The Bertz CT molecular complexity index is 666. The highest BCUT2D eigenvalue weighted by Crippen LogP contribution is 2.27. The smallest absolute Gasteiger partial charge is 0.338 e. The fourth-order valence-corrected chi connectivity index (χ4v) is 2.01. The van der Waals surface area contributed by atoms with Crippen LogP contribution in [0.3, 0.4) is 0 Å². The zero-order valence-corrected chi connectivity index (χ0v) is 12.4. The van der Waals surface area contributed by atoms with E-state index in [1.807, 2.05) is 13.8 Å². The molecule has 1 aliphatic heterocycles. The van der Waals surface area contributed by atoms with E-state index in [1.54, 1.807) is 13.8 Å². The third kappa shape index (κ3) is 2.35. The molecule has 7 nitrogen and oxygen atoms in total.